The SMILES string of the molecule is Cc1ccccc1-c1cc(CC(=O)NCCCN2CCOCC2)c2c(N)[nH]nc2n1. The molecule has 0 atom stereocenters. The van der Waals surface area contributed by atoms with Crippen LogP contribution in [-0.4, -0.2) is 65.4 Å². The van der Waals surface area contributed by atoms with Crippen LogP contribution in [0.2, 0.25) is 0 Å². The Morgan fingerprint density at radius 3 is 2.90 bits per heavy atom. The monoisotopic (exact) mass is 408 g/mol. The Bertz CT molecular complexity index is 1030. The number of aromatic nitrogens is 3. The predicted octanol–water partition coefficient (Wildman–Crippen LogP) is 1.90. The summed E-state index contributed by atoms with van der Waals surface area (Å²) in [5.74, 6) is 0.407. The molecule has 0 unspecified atom stereocenters. The number of ether oxygens (including phenoxy) is 1. The number of nitrogens with two attached hydrogens (primary N) is 1. The maximum atomic E-state index is 12.6. The van der Waals surface area contributed by atoms with Gasteiger partial charge in [-0.1, -0.05) is 24.3 Å². The number of aryl methyl sites for hydroxylation is 1. The molecule has 1 fully saturated rings. The van der Waals surface area contributed by atoms with Crippen LogP contribution in [0.4, 0.5) is 5.82 Å². The minimum absolute atomic E-state index is 0.0270. The van der Waals surface area contributed by atoms with Gasteiger partial charge in [0.1, 0.15) is 5.82 Å². The molecule has 8 nitrogen and oxygen atoms in total. The van der Waals surface area contributed by atoms with E-state index >= 15 is 0 Å². The zero-order valence-corrected chi connectivity index (χ0v) is 17.3. The van der Waals surface area contributed by atoms with Gasteiger partial charge >= 0.3 is 0 Å². The van der Waals surface area contributed by atoms with Gasteiger partial charge in [0.2, 0.25) is 5.91 Å². The minimum atomic E-state index is -0.0270. The van der Waals surface area contributed by atoms with Gasteiger partial charge in [-0.05, 0) is 37.1 Å². The summed E-state index contributed by atoms with van der Waals surface area (Å²) in [6, 6.07) is 9.99. The van der Waals surface area contributed by atoms with E-state index in [4.69, 9.17) is 10.5 Å². The molecular formula is C22H28N6O2. The molecule has 0 spiro atoms. The number of fused-ring (bicyclic) bond motifs is 1. The number of rotatable bonds is 7. The average Bonchev–Trinajstić information content (AvgIpc) is 3.13. The van der Waals surface area contributed by atoms with Crippen molar-refractivity contribution in [3.63, 3.8) is 0 Å². The van der Waals surface area contributed by atoms with Crippen molar-refractivity contribution in [3.05, 3.63) is 41.5 Å². The quantitative estimate of drug-likeness (QED) is 0.515. The molecule has 30 heavy (non-hydrogen) atoms. The molecule has 3 aromatic rings. The molecular weight excluding hydrogens is 380 g/mol. The van der Waals surface area contributed by atoms with E-state index in [1.165, 1.54) is 0 Å². The van der Waals surface area contributed by atoms with Crippen LogP contribution < -0.4 is 11.1 Å². The van der Waals surface area contributed by atoms with Crippen LogP contribution >= 0.6 is 0 Å². The number of carbonyl (C=O) groups excluding carboxylic acids is 1. The van der Waals surface area contributed by atoms with Crippen molar-refractivity contribution in [2.45, 2.75) is 19.8 Å². The Hall–Kier alpha value is -2.97. The van der Waals surface area contributed by atoms with Crippen molar-refractivity contribution in [3.8, 4) is 11.3 Å². The molecule has 8 heteroatoms. The summed E-state index contributed by atoms with van der Waals surface area (Å²) in [6.45, 7) is 7.17. The second-order valence-corrected chi connectivity index (χ2v) is 7.65. The predicted molar refractivity (Wildman–Crippen MR) is 117 cm³/mol. The van der Waals surface area contributed by atoms with Crippen molar-refractivity contribution in [1.82, 2.24) is 25.4 Å². The Labute approximate surface area is 175 Å². The average molecular weight is 409 g/mol. The van der Waals surface area contributed by atoms with E-state index in [0.29, 0.717) is 18.0 Å². The Morgan fingerprint density at radius 1 is 1.30 bits per heavy atom. The molecule has 1 aromatic carbocycles. The molecule has 4 N–H and O–H groups in total. The number of anilines is 1. The van der Waals surface area contributed by atoms with Crippen LogP contribution in [0.3, 0.4) is 0 Å². The molecule has 0 aliphatic carbocycles. The van der Waals surface area contributed by atoms with Crippen molar-refractivity contribution >= 4 is 22.8 Å². The molecule has 0 radical (unpaired) electrons. The van der Waals surface area contributed by atoms with Gasteiger partial charge < -0.3 is 15.8 Å². The highest BCUT2D eigenvalue weighted by atomic mass is 16.5. The lowest BCUT2D eigenvalue weighted by molar-refractivity contribution is -0.120. The van der Waals surface area contributed by atoms with Crippen LogP contribution in [-0.2, 0) is 16.0 Å². The van der Waals surface area contributed by atoms with Crippen LogP contribution in [0.1, 0.15) is 17.5 Å². The van der Waals surface area contributed by atoms with E-state index in [1.807, 2.05) is 37.3 Å². The third-order valence-electron chi connectivity index (χ3n) is 5.48. The zero-order valence-electron chi connectivity index (χ0n) is 17.3. The number of nitrogen functional groups attached to an aromatic ring is 1. The lowest BCUT2D eigenvalue weighted by Gasteiger charge is -2.26. The summed E-state index contributed by atoms with van der Waals surface area (Å²) in [7, 11) is 0. The summed E-state index contributed by atoms with van der Waals surface area (Å²) in [4.78, 5) is 19.6. The van der Waals surface area contributed by atoms with Gasteiger partial charge in [-0.25, -0.2) is 4.98 Å². The molecule has 1 saturated heterocycles. The summed E-state index contributed by atoms with van der Waals surface area (Å²) >= 11 is 0. The van der Waals surface area contributed by atoms with E-state index in [0.717, 1.165) is 67.0 Å². The molecule has 1 amide bonds. The van der Waals surface area contributed by atoms with E-state index in [1.54, 1.807) is 0 Å². The minimum Gasteiger partial charge on any atom is -0.384 e. The molecule has 2 aromatic heterocycles. The number of hydrogen-bond donors (Lipinski definition) is 3. The van der Waals surface area contributed by atoms with Crippen molar-refractivity contribution in [1.29, 1.82) is 0 Å². The summed E-state index contributed by atoms with van der Waals surface area (Å²) < 4.78 is 5.36. The third kappa shape index (κ3) is 4.60. The van der Waals surface area contributed by atoms with Crippen LogP contribution in [0.25, 0.3) is 22.3 Å². The first-order valence-corrected chi connectivity index (χ1v) is 10.4. The van der Waals surface area contributed by atoms with Gasteiger partial charge in [-0.3, -0.25) is 14.8 Å². The normalized spacial score (nSPS) is 14.8. The van der Waals surface area contributed by atoms with E-state index in [-0.39, 0.29) is 12.3 Å². The lowest BCUT2D eigenvalue weighted by Crippen LogP contribution is -2.38. The molecule has 1 aliphatic heterocycles. The first kappa shape index (κ1) is 20.3. The topological polar surface area (TPSA) is 109 Å². The number of H-pyrrole nitrogens is 1. The second-order valence-electron chi connectivity index (χ2n) is 7.65. The van der Waals surface area contributed by atoms with Crippen LogP contribution in [0.15, 0.2) is 30.3 Å². The van der Waals surface area contributed by atoms with Gasteiger partial charge in [0.25, 0.3) is 0 Å². The Morgan fingerprint density at radius 2 is 2.10 bits per heavy atom. The second kappa shape index (κ2) is 9.23. The highest BCUT2D eigenvalue weighted by Gasteiger charge is 2.16. The standard InChI is InChI=1S/C22H28N6O2/c1-15-5-2-3-6-17(15)18-13-16(20-21(23)26-27-22(20)25-18)14-19(29)24-7-4-8-28-9-11-30-12-10-28/h2-3,5-6,13H,4,7-12,14H2,1H3,(H,24,29)(H3,23,25,26,27). The van der Waals surface area contributed by atoms with Gasteiger partial charge in [0.05, 0.1) is 30.7 Å². The number of pyridine rings is 1. The number of nitrogens with one attached hydrogen (secondary N) is 2. The van der Waals surface area contributed by atoms with Gasteiger partial charge in [0.15, 0.2) is 5.65 Å². The molecule has 1 aliphatic rings. The number of morpholine rings is 1. The molecule has 0 saturated carbocycles. The van der Waals surface area contributed by atoms with Gasteiger partial charge in [-0.2, -0.15) is 5.10 Å². The number of amides is 1. The number of nitrogens with zero attached hydrogens (tertiary/aromatic N) is 3. The smallest absolute Gasteiger partial charge is 0.224 e. The maximum absolute atomic E-state index is 12.6. The molecule has 4 rings (SSSR count). The van der Waals surface area contributed by atoms with Crippen LogP contribution in [0.5, 0.6) is 0 Å². The molecule has 158 valence electrons. The highest BCUT2D eigenvalue weighted by molar-refractivity contribution is 5.94. The van der Waals surface area contributed by atoms with Gasteiger partial charge in [-0.15, -0.1) is 0 Å². The number of hydrogen-bond acceptors (Lipinski definition) is 6. The first-order chi connectivity index (χ1) is 14.6. The van der Waals surface area contributed by atoms with E-state index in [2.05, 4.69) is 25.4 Å². The number of benzene rings is 1. The van der Waals surface area contributed by atoms with Gasteiger partial charge in [0, 0.05) is 25.2 Å². The fraction of sp³-hybridized carbons (Fsp3) is 0.409. The number of carbonyl (C=O) groups is 1. The fourth-order valence-electron chi connectivity index (χ4n) is 3.85. The van der Waals surface area contributed by atoms with Crippen molar-refractivity contribution in [2.24, 2.45) is 0 Å². The molecule has 3 heterocycles. The van der Waals surface area contributed by atoms with Crippen molar-refractivity contribution in [2.75, 3.05) is 45.1 Å². The summed E-state index contributed by atoms with van der Waals surface area (Å²) in [6.07, 6.45) is 1.15. The fourth-order valence-corrected chi connectivity index (χ4v) is 3.85. The number of aromatic amines is 1. The van der Waals surface area contributed by atoms with E-state index < -0.39 is 0 Å². The summed E-state index contributed by atoms with van der Waals surface area (Å²) in [5.41, 5.74) is 10.4. The Kier molecular flexibility index (Phi) is 6.25. The lowest BCUT2D eigenvalue weighted by atomic mass is 10.0. The van der Waals surface area contributed by atoms with Crippen LogP contribution in [0, 0.1) is 6.92 Å². The zero-order chi connectivity index (χ0) is 20.9. The summed E-state index contributed by atoms with van der Waals surface area (Å²) in [5, 5.41) is 10.8. The Balaban J connectivity index is 1.45. The molecule has 0 bridgehead atoms. The van der Waals surface area contributed by atoms with E-state index in [9.17, 15) is 4.79 Å². The highest BCUT2D eigenvalue weighted by Crippen LogP contribution is 2.28. The maximum Gasteiger partial charge on any atom is 0.224 e. The largest absolute Gasteiger partial charge is 0.384 e. The van der Waals surface area contributed by atoms with Crippen molar-refractivity contribution < 1.29 is 9.53 Å². The third-order valence-corrected chi connectivity index (χ3v) is 5.48. The first-order valence-electron chi connectivity index (χ1n) is 10.4.